The van der Waals surface area contributed by atoms with Gasteiger partial charge in [0.15, 0.2) is 0 Å². The van der Waals surface area contributed by atoms with Crippen molar-refractivity contribution >= 4 is 0 Å². The van der Waals surface area contributed by atoms with E-state index in [-0.39, 0.29) is 5.41 Å². The summed E-state index contributed by atoms with van der Waals surface area (Å²) in [6.07, 6.45) is 3.33. The van der Waals surface area contributed by atoms with Gasteiger partial charge in [-0.3, -0.25) is 0 Å². The second-order valence-corrected chi connectivity index (χ2v) is 7.52. The van der Waals surface area contributed by atoms with Crippen LogP contribution >= 0.6 is 0 Å². The van der Waals surface area contributed by atoms with E-state index in [1.807, 2.05) is 0 Å². The number of aryl methyl sites for hydroxylation is 3. The molecule has 0 nitrogen and oxygen atoms in total. The van der Waals surface area contributed by atoms with Crippen LogP contribution in [0.4, 0.5) is 0 Å². The molecule has 0 amide bonds. The summed E-state index contributed by atoms with van der Waals surface area (Å²) in [6, 6.07) is 28.8. The van der Waals surface area contributed by atoms with Crippen molar-refractivity contribution in [2.75, 3.05) is 0 Å². The van der Waals surface area contributed by atoms with Crippen LogP contribution in [0.15, 0.2) is 78.9 Å². The molecule has 3 aromatic carbocycles. The molecule has 0 heteroatoms. The zero-order valence-corrected chi connectivity index (χ0v) is 15.6. The average Bonchev–Trinajstić information content (AvgIpc) is 2.63. The molecule has 0 aliphatic carbocycles. The fraction of sp³-hybridized carbons (Fsp3) is 0.280. The van der Waals surface area contributed by atoms with Gasteiger partial charge in [0.2, 0.25) is 0 Å². The van der Waals surface area contributed by atoms with E-state index in [1.54, 1.807) is 0 Å². The summed E-state index contributed by atoms with van der Waals surface area (Å²) in [5.41, 5.74) is 7.17. The summed E-state index contributed by atoms with van der Waals surface area (Å²) in [4.78, 5) is 0. The van der Waals surface area contributed by atoms with Crippen molar-refractivity contribution in [2.24, 2.45) is 0 Å². The molecule has 3 rings (SSSR count). The predicted octanol–water partition coefficient (Wildman–Crippen LogP) is 6.44. The highest BCUT2D eigenvalue weighted by molar-refractivity contribution is 5.34. The number of benzene rings is 3. The molecule has 0 aliphatic rings. The van der Waals surface area contributed by atoms with Crippen molar-refractivity contribution in [3.8, 4) is 0 Å². The topological polar surface area (TPSA) is 0 Å². The van der Waals surface area contributed by atoms with Gasteiger partial charge < -0.3 is 0 Å². The fourth-order valence-electron chi connectivity index (χ4n) is 3.58. The van der Waals surface area contributed by atoms with Crippen LogP contribution in [-0.2, 0) is 18.3 Å². The normalized spacial score (nSPS) is 13.4. The molecule has 0 N–H and O–H groups in total. The lowest BCUT2D eigenvalue weighted by Gasteiger charge is -2.31. The third kappa shape index (κ3) is 4.39. The highest BCUT2D eigenvalue weighted by Gasteiger charge is 2.27. The Morgan fingerprint density at radius 1 is 0.720 bits per heavy atom. The summed E-state index contributed by atoms with van der Waals surface area (Å²) >= 11 is 0. The number of rotatable bonds is 6. The average molecular weight is 328 g/mol. The van der Waals surface area contributed by atoms with Crippen LogP contribution in [0.3, 0.4) is 0 Å². The molecule has 0 fully saturated rings. The van der Waals surface area contributed by atoms with Crippen molar-refractivity contribution in [2.45, 2.75) is 45.4 Å². The van der Waals surface area contributed by atoms with E-state index < -0.39 is 0 Å². The van der Waals surface area contributed by atoms with E-state index in [2.05, 4.69) is 99.6 Å². The predicted molar refractivity (Wildman–Crippen MR) is 108 cm³/mol. The highest BCUT2D eigenvalue weighted by atomic mass is 14.3. The molecule has 0 bridgehead atoms. The van der Waals surface area contributed by atoms with Gasteiger partial charge >= 0.3 is 0 Å². The van der Waals surface area contributed by atoms with Crippen LogP contribution in [0.1, 0.15) is 41.2 Å². The molecule has 0 radical (unpaired) electrons. The minimum absolute atomic E-state index is 0.135. The van der Waals surface area contributed by atoms with Gasteiger partial charge in [0.25, 0.3) is 0 Å². The van der Waals surface area contributed by atoms with E-state index in [4.69, 9.17) is 0 Å². The van der Waals surface area contributed by atoms with Gasteiger partial charge in [-0.15, -0.1) is 0 Å². The SMILES string of the molecule is Cc1ccc(C(C)(CCc2ccccc2)Cc2ccccc2C)cc1. The Balaban J connectivity index is 1.89. The third-order valence-electron chi connectivity index (χ3n) is 5.40. The van der Waals surface area contributed by atoms with Gasteiger partial charge in [0.05, 0.1) is 0 Å². The van der Waals surface area contributed by atoms with Gasteiger partial charge in [0.1, 0.15) is 0 Å². The monoisotopic (exact) mass is 328 g/mol. The fourth-order valence-corrected chi connectivity index (χ4v) is 3.58. The van der Waals surface area contributed by atoms with Crippen LogP contribution in [0.2, 0.25) is 0 Å². The maximum Gasteiger partial charge on any atom is -0.00317 e. The molecule has 0 aliphatic heterocycles. The molecule has 128 valence electrons. The van der Waals surface area contributed by atoms with Crippen molar-refractivity contribution in [3.05, 3.63) is 107 Å². The molecule has 1 unspecified atom stereocenters. The van der Waals surface area contributed by atoms with E-state index >= 15 is 0 Å². The maximum atomic E-state index is 2.42. The Kier molecular flexibility index (Phi) is 5.38. The number of hydrogen-bond acceptors (Lipinski definition) is 0. The van der Waals surface area contributed by atoms with Gasteiger partial charge in [-0.05, 0) is 60.8 Å². The molecule has 1 atom stereocenters. The van der Waals surface area contributed by atoms with Crippen molar-refractivity contribution in [1.29, 1.82) is 0 Å². The lowest BCUT2D eigenvalue weighted by atomic mass is 9.72. The van der Waals surface area contributed by atoms with Crippen LogP contribution in [0, 0.1) is 13.8 Å². The molecular weight excluding hydrogens is 300 g/mol. The molecular formula is C25H28. The van der Waals surface area contributed by atoms with Crippen LogP contribution in [0.5, 0.6) is 0 Å². The van der Waals surface area contributed by atoms with Gasteiger partial charge in [0, 0.05) is 0 Å². The Morgan fingerprint density at radius 3 is 2.04 bits per heavy atom. The van der Waals surface area contributed by atoms with Crippen molar-refractivity contribution in [3.63, 3.8) is 0 Å². The zero-order valence-electron chi connectivity index (χ0n) is 15.6. The first-order valence-corrected chi connectivity index (χ1v) is 9.22. The summed E-state index contributed by atoms with van der Waals surface area (Å²) in [6.45, 7) is 6.81. The molecule has 0 saturated carbocycles. The molecule has 25 heavy (non-hydrogen) atoms. The number of hydrogen-bond donors (Lipinski definition) is 0. The molecule has 0 saturated heterocycles. The Bertz CT molecular complexity index is 799. The lowest BCUT2D eigenvalue weighted by molar-refractivity contribution is 0.430. The summed E-state index contributed by atoms with van der Waals surface area (Å²) in [7, 11) is 0. The van der Waals surface area contributed by atoms with Crippen LogP contribution in [-0.4, -0.2) is 0 Å². The minimum Gasteiger partial charge on any atom is -0.0622 e. The van der Waals surface area contributed by atoms with Crippen LogP contribution < -0.4 is 0 Å². The summed E-state index contributed by atoms with van der Waals surface area (Å²) < 4.78 is 0. The van der Waals surface area contributed by atoms with Crippen molar-refractivity contribution in [1.82, 2.24) is 0 Å². The quantitative estimate of drug-likeness (QED) is 0.488. The third-order valence-corrected chi connectivity index (χ3v) is 5.40. The van der Waals surface area contributed by atoms with E-state index in [1.165, 1.54) is 27.8 Å². The van der Waals surface area contributed by atoms with E-state index in [9.17, 15) is 0 Å². The lowest BCUT2D eigenvalue weighted by Crippen LogP contribution is -2.26. The molecule has 0 heterocycles. The summed E-state index contributed by atoms with van der Waals surface area (Å²) in [5.74, 6) is 0. The van der Waals surface area contributed by atoms with Gasteiger partial charge in [-0.25, -0.2) is 0 Å². The maximum absolute atomic E-state index is 2.42. The first kappa shape index (κ1) is 17.5. The standard InChI is InChI=1S/C25H28/c1-20-13-15-24(16-14-20)25(3,18-17-22-10-5-4-6-11-22)19-23-12-8-7-9-21(23)2/h4-16H,17-19H2,1-3H3. The highest BCUT2D eigenvalue weighted by Crippen LogP contribution is 2.34. The molecule has 0 aromatic heterocycles. The first-order valence-electron chi connectivity index (χ1n) is 9.22. The molecule has 0 spiro atoms. The van der Waals surface area contributed by atoms with Gasteiger partial charge in [-0.1, -0.05) is 91.3 Å². The Hall–Kier alpha value is -2.34. The molecule has 3 aromatic rings. The summed E-state index contributed by atoms with van der Waals surface area (Å²) in [5, 5.41) is 0. The van der Waals surface area contributed by atoms with E-state index in [0.29, 0.717) is 0 Å². The Morgan fingerprint density at radius 2 is 1.36 bits per heavy atom. The van der Waals surface area contributed by atoms with Crippen molar-refractivity contribution < 1.29 is 0 Å². The second kappa shape index (κ2) is 7.70. The Labute approximate surface area is 152 Å². The zero-order chi connectivity index (χ0) is 17.7. The second-order valence-electron chi connectivity index (χ2n) is 7.52. The largest absolute Gasteiger partial charge is 0.0622 e. The van der Waals surface area contributed by atoms with Gasteiger partial charge in [-0.2, -0.15) is 0 Å². The minimum atomic E-state index is 0.135. The van der Waals surface area contributed by atoms with E-state index in [0.717, 1.165) is 19.3 Å². The van der Waals surface area contributed by atoms with Crippen LogP contribution in [0.25, 0.3) is 0 Å². The first-order chi connectivity index (χ1) is 12.1. The smallest absolute Gasteiger partial charge is 0.00317 e.